The largest absolute Gasteiger partial charge is 1.00 e. The van der Waals surface area contributed by atoms with Crippen molar-refractivity contribution in [1.82, 2.24) is 0 Å². The van der Waals surface area contributed by atoms with E-state index in [1.165, 1.54) is 0 Å². The van der Waals surface area contributed by atoms with E-state index < -0.39 is 0 Å². The molecule has 0 rings (SSSR count). The molecule has 0 aliphatic carbocycles. The third-order valence-corrected chi connectivity index (χ3v) is 0. The summed E-state index contributed by atoms with van der Waals surface area (Å²) in [6.45, 7) is 4.75. The van der Waals surface area contributed by atoms with Crippen LogP contribution in [0.5, 0.6) is 0 Å². The van der Waals surface area contributed by atoms with Crippen LogP contribution < -0.4 is 0 Å². The predicted octanol–water partition coefficient (Wildman–Crippen LogP) is 0.0914. The van der Waals surface area contributed by atoms with Crippen molar-refractivity contribution in [2.24, 2.45) is 0 Å². The Morgan fingerprint density at radius 1 is 1.25 bits per heavy atom. The second-order valence-electron chi connectivity index (χ2n) is 0. The Morgan fingerprint density at radius 3 is 1.25 bits per heavy atom. The van der Waals surface area contributed by atoms with E-state index in [2.05, 4.69) is 0 Å². The van der Waals surface area contributed by atoms with E-state index in [-0.39, 0.29) is 44.8 Å². The smallest absolute Gasteiger partial charge is 0.512 e. The fourth-order valence-corrected chi connectivity index (χ4v) is 0. The first-order valence-electron chi connectivity index (χ1n) is 0.224. The quantitative estimate of drug-likeness (QED) is 0.436. The summed E-state index contributed by atoms with van der Waals surface area (Å²) in [5.41, 5.74) is 0. The van der Waals surface area contributed by atoms with Crippen molar-refractivity contribution >= 4 is 0 Å². The van der Waals surface area contributed by atoms with Crippen LogP contribution in [0.3, 0.4) is 0 Å². The normalized spacial score (nSPS) is 0.500. The molecule has 0 aromatic rings. The Bertz CT molecular complexity index is 10.8. The van der Waals surface area contributed by atoms with E-state index in [0.717, 1.165) is 0 Å². The van der Waals surface area contributed by atoms with Crippen LogP contribution in [-0.2, 0) is 44.8 Å². The van der Waals surface area contributed by atoms with Crippen LogP contribution in [0.1, 0.15) is 0 Å². The third kappa shape index (κ3) is 12.2. The van der Waals surface area contributed by atoms with Gasteiger partial charge in [-0.2, -0.15) is 0 Å². The third-order valence-electron chi connectivity index (χ3n) is 0. The van der Waals surface area contributed by atoms with Gasteiger partial charge in [0, 0.05) is 22.4 Å². The standard InChI is InChI=1S/CN.2Ag/c1-2;;/q-1;;+1. The van der Waals surface area contributed by atoms with Crippen LogP contribution in [0.2, 0.25) is 0 Å². The van der Waals surface area contributed by atoms with E-state index in [1.54, 1.807) is 0 Å². The zero-order chi connectivity index (χ0) is 2.00. The molecule has 0 spiro atoms. The van der Waals surface area contributed by atoms with Crippen molar-refractivity contribution in [3.63, 3.8) is 0 Å². The van der Waals surface area contributed by atoms with Crippen molar-refractivity contribution in [2.45, 2.75) is 0 Å². The molecule has 0 atom stereocenters. The first kappa shape index (κ1) is 20.2. The van der Waals surface area contributed by atoms with E-state index in [0.29, 0.717) is 0 Å². The summed E-state index contributed by atoms with van der Waals surface area (Å²) < 4.78 is 0. The van der Waals surface area contributed by atoms with Gasteiger partial charge in [0.1, 0.15) is 0 Å². The maximum Gasteiger partial charge on any atom is 1.00 e. The van der Waals surface area contributed by atoms with Crippen molar-refractivity contribution in [3.05, 3.63) is 6.57 Å². The van der Waals surface area contributed by atoms with Gasteiger partial charge in [0.15, 0.2) is 0 Å². The van der Waals surface area contributed by atoms with Gasteiger partial charge in [0.2, 0.25) is 0 Å². The summed E-state index contributed by atoms with van der Waals surface area (Å²) in [4.78, 5) is 0. The summed E-state index contributed by atoms with van der Waals surface area (Å²) in [7, 11) is 0. The molecule has 0 N–H and O–H groups in total. The Hall–Kier alpha value is 0.971. The summed E-state index contributed by atoms with van der Waals surface area (Å²) in [5.74, 6) is 0. The Labute approximate surface area is 56.4 Å². The molecule has 1 radical (unpaired) electrons. The average Bonchev–Trinajstić information content (AvgIpc) is 1.00. The second-order valence-corrected chi connectivity index (χ2v) is 0. The molecule has 0 saturated heterocycles. The Balaban J connectivity index is -0.00000000500. The minimum Gasteiger partial charge on any atom is -0.512 e. The molecule has 31 valence electrons. The zero-order valence-electron chi connectivity index (χ0n) is 1.55. The molecule has 0 aliphatic heterocycles. The predicted molar refractivity (Wildman–Crippen MR) is 4.97 cm³/mol. The van der Waals surface area contributed by atoms with Crippen LogP contribution in [0.25, 0.3) is 0 Å². The van der Waals surface area contributed by atoms with Crippen molar-refractivity contribution in [3.8, 4) is 0 Å². The van der Waals surface area contributed by atoms with Gasteiger partial charge in [-0.15, -0.1) is 0 Å². The second kappa shape index (κ2) is 37.2. The molecule has 0 amide bonds. The monoisotopic (exact) mass is 240 g/mol. The van der Waals surface area contributed by atoms with Gasteiger partial charge in [-0.3, -0.25) is 0 Å². The molecule has 1 nitrogen and oxygen atoms in total. The minimum absolute atomic E-state index is 0. The Morgan fingerprint density at radius 2 is 1.25 bits per heavy atom. The molecule has 0 heterocycles. The van der Waals surface area contributed by atoms with Gasteiger partial charge < -0.3 is 11.8 Å². The minimum atomic E-state index is 0. The van der Waals surface area contributed by atoms with Gasteiger partial charge >= 0.3 is 22.4 Å². The van der Waals surface area contributed by atoms with Crippen LogP contribution in [0, 0.1) is 11.8 Å². The number of nitrogens with zero attached hydrogens (tertiary/aromatic N) is 1. The molecule has 0 aromatic carbocycles. The summed E-state index contributed by atoms with van der Waals surface area (Å²) in [5, 5.41) is 6.25. The molecule has 0 saturated carbocycles. The topological polar surface area (TPSA) is 23.8 Å². The fraction of sp³-hybridized carbons (Fsp3) is 0. The summed E-state index contributed by atoms with van der Waals surface area (Å²) in [6.07, 6.45) is 0. The number of hydrogen-bond acceptors (Lipinski definition) is 1. The maximum atomic E-state index is 6.25. The molecular weight excluding hydrogens is 242 g/mol. The van der Waals surface area contributed by atoms with E-state index in [1.807, 2.05) is 0 Å². The van der Waals surface area contributed by atoms with E-state index in [9.17, 15) is 0 Å². The van der Waals surface area contributed by atoms with Crippen molar-refractivity contribution in [1.29, 1.82) is 5.26 Å². The van der Waals surface area contributed by atoms with Crippen molar-refractivity contribution in [2.75, 3.05) is 0 Å². The van der Waals surface area contributed by atoms with Gasteiger partial charge in [-0.05, 0) is 0 Å². The summed E-state index contributed by atoms with van der Waals surface area (Å²) >= 11 is 0. The van der Waals surface area contributed by atoms with Crippen LogP contribution >= 0.6 is 0 Å². The van der Waals surface area contributed by atoms with Crippen LogP contribution in [0.15, 0.2) is 0 Å². The first-order valence-corrected chi connectivity index (χ1v) is 0.224. The van der Waals surface area contributed by atoms with Crippen LogP contribution in [0.4, 0.5) is 0 Å². The molecule has 3 heteroatoms. The molecule has 4 heavy (non-hydrogen) atoms. The molecule has 0 aromatic heterocycles. The van der Waals surface area contributed by atoms with Gasteiger partial charge in [0.05, 0.1) is 0 Å². The fourth-order valence-electron chi connectivity index (χ4n) is 0. The average molecular weight is 242 g/mol. The molecule has 0 bridgehead atoms. The van der Waals surface area contributed by atoms with Gasteiger partial charge in [-0.1, -0.05) is 0 Å². The zero-order valence-corrected chi connectivity index (χ0v) is 4.51. The Kier molecular flexibility index (Phi) is 188. The number of rotatable bonds is 0. The SMILES string of the molecule is [Ag+].[Ag].[C-]#N. The van der Waals surface area contributed by atoms with E-state index in [4.69, 9.17) is 11.8 Å². The van der Waals surface area contributed by atoms with Crippen LogP contribution in [-0.4, -0.2) is 0 Å². The molecule has 0 fully saturated rings. The van der Waals surface area contributed by atoms with E-state index >= 15 is 0 Å². The molecular formula is CAg2N. The van der Waals surface area contributed by atoms with Gasteiger partial charge in [-0.25, -0.2) is 0 Å². The molecule has 0 aliphatic rings. The summed E-state index contributed by atoms with van der Waals surface area (Å²) in [6, 6.07) is 0. The van der Waals surface area contributed by atoms with Crippen molar-refractivity contribution < 1.29 is 44.8 Å². The maximum absolute atomic E-state index is 6.25. The van der Waals surface area contributed by atoms with Gasteiger partial charge in [0.25, 0.3) is 0 Å². The first-order chi connectivity index (χ1) is 1.00. The number of hydrogen-bond donors (Lipinski definition) is 0. The molecule has 0 unspecified atom stereocenters.